The van der Waals surface area contributed by atoms with E-state index < -0.39 is 0 Å². The summed E-state index contributed by atoms with van der Waals surface area (Å²) in [5, 5.41) is 10.5. The molecule has 0 bridgehead atoms. The number of benzene rings is 3. The average molecular weight is 500 g/mol. The van der Waals surface area contributed by atoms with Crippen molar-refractivity contribution < 1.29 is 23.4 Å². The molecule has 4 rings (SSSR count). The van der Waals surface area contributed by atoms with E-state index in [1.165, 1.54) is 20.3 Å². The molecule has 0 aliphatic carbocycles. The van der Waals surface area contributed by atoms with Crippen LogP contribution in [0, 0.1) is 5.82 Å². The number of nitrogens with one attached hydrogen (secondary N) is 2. The van der Waals surface area contributed by atoms with E-state index in [1.807, 2.05) is 0 Å². The normalized spacial score (nSPS) is 10.8. The first-order chi connectivity index (χ1) is 15.5. The Bertz CT molecular complexity index is 1270. The van der Waals surface area contributed by atoms with Crippen LogP contribution < -0.4 is 19.5 Å². The molecule has 0 spiro atoms. The predicted molar refractivity (Wildman–Crippen MR) is 122 cm³/mol. The highest BCUT2D eigenvalue weighted by Crippen LogP contribution is 2.28. The second-order valence-corrected chi connectivity index (χ2v) is 7.78. The number of anilines is 1. The van der Waals surface area contributed by atoms with Crippen molar-refractivity contribution in [2.24, 2.45) is 0 Å². The summed E-state index contributed by atoms with van der Waals surface area (Å²) in [5.74, 6) is 1.12. The molecule has 164 valence electrons. The fraction of sp³-hybridized carbons (Fsp3) is 0.130. The molecule has 1 aromatic heterocycles. The van der Waals surface area contributed by atoms with Gasteiger partial charge in [0.25, 0.3) is 5.91 Å². The highest BCUT2D eigenvalue weighted by atomic mass is 79.9. The number of hydrogen-bond donors (Lipinski definition) is 2. The van der Waals surface area contributed by atoms with Crippen LogP contribution in [0.25, 0.3) is 10.9 Å². The number of rotatable bonds is 7. The maximum Gasteiger partial charge on any atom is 0.257 e. The third kappa shape index (κ3) is 4.67. The molecule has 3 aromatic carbocycles. The number of carbonyl (C=O) groups excluding carboxylic acids is 1. The van der Waals surface area contributed by atoms with Crippen LogP contribution >= 0.6 is 15.9 Å². The van der Waals surface area contributed by atoms with E-state index in [2.05, 4.69) is 31.4 Å². The van der Waals surface area contributed by atoms with Crippen LogP contribution in [0.15, 0.2) is 59.1 Å². The van der Waals surface area contributed by atoms with Gasteiger partial charge in [0.05, 0.1) is 19.7 Å². The third-order valence-electron chi connectivity index (χ3n) is 4.79. The lowest BCUT2D eigenvalue weighted by atomic mass is 10.1. The minimum Gasteiger partial charge on any atom is -0.497 e. The summed E-state index contributed by atoms with van der Waals surface area (Å²) >= 11 is 3.24. The lowest BCUT2D eigenvalue weighted by Crippen LogP contribution is -2.12. The Morgan fingerprint density at radius 1 is 1.03 bits per heavy atom. The molecule has 0 unspecified atom stereocenters. The first-order valence-electron chi connectivity index (χ1n) is 9.56. The minimum absolute atomic E-state index is 0.0633. The monoisotopic (exact) mass is 499 g/mol. The zero-order valence-electron chi connectivity index (χ0n) is 17.2. The first-order valence-corrected chi connectivity index (χ1v) is 10.4. The number of H-pyrrole nitrogens is 1. The maximum absolute atomic E-state index is 14.0. The topological polar surface area (TPSA) is 85.5 Å². The molecular weight excluding hydrogens is 481 g/mol. The smallest absolute Gasteiger partial charge is 0.257 e. The Hall–Kier alpha value is -3.59. The molecule has 4 aromatic rings. The summed E-state index contributed by atoms with van der Waals surface area (Å²) in [7, 11) is 3.03. The molecule has 0 aliphatic rings. The van der Waals surface area contributed by atoms with E-state index in [0.29, 0.717) is 49.6 Å². The minimum atomic E-state index is -0.376. The number of hydrogen-bond acceptors (Lipinski definition) is 5. The van der Waals surface area contributed by atoms with Crippen molar-refractivity contribution in [3.05, 3.63) is 76.0 Å². The Labute approximate surface area is 191 Å². The summed E-state index contributed by atoms with van der Waals surface area (Å²) in [4.78, 5) is 12.8. The number of aromatic nitrogens is 2. The molecule has 0 saturated heterocycles. The second-order valence-electron chi connectivity index (χ2n) is 6.86. The summed E-state index contributed by atoms with van der Waals surface area (Å²) in [5.41, 5.74) is 1.50. The molecule has 32 heavy (non-hydrogen) atoms. The van der Waals surface area contributed by atoms with Crippen LogP contribution in [-0.2, 0) is 6.61 Å². The van der Waals surface area contributed by atoms with Crippen molar-refractivity contribution in [2.75, 3.05) is 19.5 Å². The highest BCUT2D eigenvalue weighted by Gasteiger charge is 2.14. The zero-order valence-corrected chi connectivity index (χ0v) is 18.8. The number of carbonyl (C=O) groups is 1. The van der Waals surface area contributed by atoms with Crippen molar-refractivity contribution in [1.29, 1.82) is 0 Å². The predicted octanol–water partition coefficient (Wildman–Crippen LogP) is 5.31. The van der Waals surface area contributed by atoms with Gasteiger partial charge in [0.2, 0.25) is 0 Å². The van der Waals surface area contributed by atoms with Crippen molar-refractivity contribution in [3.8, 4) is 17.2 Å². The molecule has 0 radical (unpaired) electrons. The molecule has 0 aliphatic heterocycles. The summed E-state index contributed by atoms with van der Waals surface area (Å²) in [6.07, 6.45) is 0. The fourth-order valence-corrected chi connectivity index (χ4v) is 3.43. The molecule has 1 heterocycles. The average Bonchev–Trinajstić information content (AvgIpc) is 3.20. The molecule has 0 atom stereocenters. The van der Waals surface area contributed by atoms with Crippen molar-refractivity contribution >= 4 is 38.6 Å². The lowest BCUT2D eigenvalue weighted by molar-refractivity contribution is 0.102. The quantitative estimate of drug-likeness (QED) is 0.359. The van der Waals surface area contributed by atoms with Gasteiger partial charge in [0, 0.05) is 27.1 Å². The van der Waals surface area contributed by atoms with Crippen LogP contribution in [0.3, 0.4) is 0 Å². The van der Waals surface area contributed by atoms with Gasteiger partial charge in [-0.1, -0.05) is 22.0 Å². The molecular formula is C23H19BrFN3O4. The Morgan fingerprint density at radius 3 is 2.47 bits per heavy atom. The van der Waals surface area contributed by atoms with E-state index in [1.54, 1.807) is 48.5 Å². The molecule has 7 nitrogen and oxygen atoms in total. The summed E-state index contributed by atoms with van der Waals surface area (Å²) < 4.78 is 30.9. The Balaban J connectivity index is 1.54. The number of amides is 1. The van der Waals surface area contributed by atoms with Crippen LogP contribution in [0.5, 0.6) is 17.2 Å². The van der Waals surface area contributed by atoms with Crippen LogP contribution in [0.4, 0.5) is 10.2 Å². The van der Waals surface area contributed by atoms with Gasteiger partial charge in [0.1, 0.15) is 29.7 Å². The third-order valence-corrected chi connectivity index (χ3v) is 5.28. The molecule has 0 saturated carbocycles. The van der Waals surface area contributed by atoms with E-state index in [0.717, 1.165) is 0 Å². The van der Waals surface area contributed by atoms with E-state index in [-0.39, 0.29) is 18.3 Å². The largest absolute Gasteiger partial charge is 0.497 e. The number of fused-ring (bicyclic) bond motifs is 1. The van der Waals surface area contributed by atoms with Crippen LogP contribution in [-0.4, -0.2) is 30.3 Å². The molecule has 0 fully saturated rings. The molecule has 9 heteroatoms. The number of aromatic amines is 1. The second kappa shape index (κ2) is 9.27. The Morgan fingerprint density at radius 2 is 1.78 bits per heavy atom. The van der Waals surface area contributed by atoms with Gasteiger partial charge >= 0.3 is 0 Å². The first kappa shape index (κ1) is 21.6. The van der Waals surface area contributed by atoms with Gasteiger partial charge in [-0.25, -0.2) is 4.39 Å². The standard InChI is InChI=1S/C23H19BrFN3O4/c1-30-17-7-14(8-18(10-17)31-2)23(29)26-22-19-11-16(5-6-21(19)27-28-22)32-12-13-3-4-15(24)9-20(13)25/h3-11H,12H2,1-2H3,(H2,26,27,28,29). The van der Waals surface area contributed by atoms with Gasteiger partial charge < -0.3 is 19.5 Å². The van der Waals surface area contributed by atoms with Gasteiger partial charge in [-0.2, -0.15) is 5.10 Å². The number of nitrogens with zero attached hydrogens (tertiary/aromatic N) is 1. The van der Waals surface area contributed by atoms with Crippen LogP contribution in [0.2, 0.25) is 0 Å². The highest BCUT2D eigenvalue weighted by molar-refractivity contribution is 9.10. The van der Waals surface area contributed by atoms with Gasteiger partial charge in [0.15, 0.2) is 5.82 Å². The number of ether oxygens (including phenoxy) is 3. The zero-order chi connectivity index (χ0) is 22.7. The fourth-order valence-electron chi connectivity index (χ4n) is 3.10. The number of halogens is 2. The number of methoxy groups -OCH3 is 2. The van der Waals surface area contributed by atoms with Crippen molar-refractivity contribution in [2.45, 2.75) is 6.61 Å². The Kier molecular flexibility index (Phi) is 6.27. The van der Waals surface area contributed by atoms with Gasteiger partial charge in [-0.15, -0.1) is 0 Å². The van der Waals surface area contributed by atoms with E-state index >= 15 is 0 Å². The van der Waals surface area contributed by atoms with Gasteiger partial charge in [-0.05, 0) is 42.5 Å². The SMILES string of the molecule is COc1cc(OC)cc(C(=O)Nc2n[nH]c3ccc(OCc4ccc(Br)cc4F)cc23)c1. The molecule has 1 amide bonds. The lowest BCUT2D eigenvalue weighted by Gasteiger charge is -2.09. The maximum atomic E-state index is 14.0. The summed E-state index contributed by atoms with van der Waals surface area (Å²) in [6, 6.07) is 14.9. The van der Waals surface area contributed by atoms with E-state index in [9.17, 15) is 9.18 Å². The van der Waals surface area contributed by atoms with Crippen molar-refractivity contribution in [1.82, 2.24) is 10.2 Å². The van der Waals surface area contributed by atoms with Crippen molar-refractivity contribution in [3.63, 3.8) is 0 Å². The van der Waals surface area contributed by atoms with Gasteiger partial charge in [-0.3, -0.25) is 9.89 Å². The van der Waals surface area contributed by atoms with E-state index in [4.69, 9.17) is 14.2 Å². The summed E-state index contributed by atoms with van der Waals surface area (Å²) in [6.45, 7) is 0.0633. The molecule has 2 N–H and O–H groups in total. The van der Waals surface area contributed by atoms with Crippen LogP contribution in [0.1, 0.15) is 15.9 Å².